The Balaban J connectivity index is 2.19. The lowest BCUT2D eigenvalue weighted by molar-refractivity contribution is 0.0743. The average Bonchev–Trinajstić information content (AvgIpc) is 2.67. The van der Waals surface area contributed by atoms with Gasteiger partial charge in [-0.3, -0.25) is 4.79 Å². The fourth-order valence-electron chi connectivity index (χ4n) is 2.76. The minimum absolute atomic E-state index is 0.131. The largest absolute Gasteiger partial charge is 0.334 e. The van der Waals surface area contributed by atoms with Crippen LogP contribution < -0.4 is 4.72 Å². The molecule has 0 unspecified atom stereocenters. The molecule has 1 amide bonds. The zero-order valence-corrected chi connectivity index (χ0v) is 17.2. The Morgan fingerprint density at radius 1 is 1.11 bits per heavy atom. The lowest BCUT2D eigenvalue weighted by Gasteiger charge is -2.22. The van der Waals surface area contributed by atoms with E-state index in [1.165, 1.54) is 12.1 Å². The van der Waals surface area contributed by atoms with Crippen molar-refractivity contribution in [2.24, 2.45) is 0 Å². The third kappa shape index (κ3) is 5.65. The van der Waals surface area contributed by atoms with Crippen molar-refractivity contribution in [3.63, 3.8) is 0 Å². The van der Waals surface area contributed by atoms with E-state index in [9.17, 15) is 13.2 Å². The van der Waals surface area contributed by atoms with E-state index in [0.29, 0.717) is 24.2 Å². The first-order valence-corrected chi connectivity index (χ1v) is 10.7. The lowest BCUT2D eigenvalue weighted by atomic mass is 10.1. The van der Waals surface area contributed by atoms with Crippen LogP contribution >= 0.6 is 0 Å². The highest BCUT2D eigenvalue weighted by atomic mass is 32.2. The van der Waals surface area contributed by atoms with Gasteiger partial charge in [0, 0.05) is 24.7 Å². The predicted octanol–water partition coefficient (Wildman–Crippen LogP) is 3.30. The molecule has 0 atom stereocenters. The van der Waals surface area contributed by atoms with Gasteiger partial charge in [-0.2, -0.15) is 5.26 Å². The van der Waals surface area contributed by atoms with Gasteiger partial charge >= 0.3 is 0 Å². The van der Waals surface area contributed by atoms with Crippen LogP contribution in [0.1, 0.15) is 48.7 Å². The summed E-state index contributed by atoms with van der Waals surface area (Å²) < 4.78 is 27.0. The number of carbonyl (C=O) groups excluding carboxylic acids is 1. The van der Waals surface area contributed by atoms with E-state index in [1.54, 1.807) is 43.0 Å². The van der Waals surface area contributed by atoms with Crippen LogP contribution in [0, 0.1) is 11.3 Å². The van der Waals surface area contributed by atoms with Gasteiger partial charge in [0.15, 0.2) is 0 Å². The maximum Gasteiger partial charge on any atom is 0.254 e. The monoisotopic (exact) mass is 399 g/mol. The molecule has 148 valence electrons. The molecule has 2 aromatic rings. The van der Waals surface area contributed by atoms with Gasteiger partial charge in [-0.25, -0.2) is 13.1 Å². The number of rotatable bonds is 8. The highest BCUT2D eigenvalue weighted by Crippen LogP contribution is 2.15. The van der Waals surface area contributed by atoms with Crippen molar-refractivity contribution in [2.45, 2.75) is 44.7 Å². The molecule has 7 heteroatoms. The molecule has 0 heterocycles. The van der Waals surface area contributed by atoms with Gasteiger partial charge < -0.3 is 4.90 Å². The molecule has 0 saturated carbocycles. The molecule has 0 aliphatic rings. The van der Waals surface area contributed by atoms with Gasteiger partial charge in [-0.1, -0.05) is 19.1 Å². The van der Waals surface area contributed by atoms with Gasteiger partial charge in [0.1, 0.15) is 0 Å². The summed E-state index contributed by atoms with van der Waals surface area (Å²) >= 11 is 0. The van der Waals surface area contributed by atoms with Crippen molar-refractivity contribution in [3.05, 3.63) is 65.2 Å². The second kappa shape index (κ2) is 9.49. The molecule has 0 saturated heterocycles. The molecule has 6 nitrogen and oxygen atoms in total. The van der Waals surface area contributed by atoms with Crippen molar-refractivity contribution in [2.75, 3.05) is 6.54 Å². The standard InChI is InChI=1S/C21H25N3O3S/c1-4-13-24(15-18-7-5-17(14-22)6-8-18)21(25)19-9-11-20(12-10-19)28(26,27)23-16(2)3/h5-12,16,23H,4,13,15H2,1-3H3. The van der Waals surface area contributed by atoms with E-state index in [-0.39, 0.29) is 16.8 Å². The maximum atomic E-state index is 12.9. The fraction of sp³-hybridized carbons (Fsp3) is 0.333. The SMILES string of the molecule is CCCN(Cc1ccc(C#N)cc1)C(=O)c1ccc(S(=O)(=O)NC(C)C)cc1. The minimum Gasteiger partial charge on any atom is -0.334 e. The van der Waals surface area contributed by atoms with Gasteiger partial charge in [-0.15, -0.1) is 0 Å². The van der Waals surface area contributed by atoms with Crippen LogP contribution in [-0.2, 0) is 16.6 Å². The Morgan fingerprint density at radius 3 is 2.21 bits per heavy atom. The zero-order valence-electron chi connectivity index (χ0n) is 16.3. The molecule has 0 bridgehead atoms. The Labute approximate surface area is 166 Å². The van der Waals surface area contributed by atoms with E-state index in [1.807, 2.05) is 19.1 Å². The van der Waals surface area contributed by atoms with Crippen molar-refractivity contribution in [3.8, 4) is 6.07 Å². The van der Waals surface area contributed by atoms with Crippen LogP contribution in [0.25, 0.3) is 0 Å². The Hall–Kier alpha value is -2.69. The quantitative estimate of drug-likeness (QED) is 0.737. The summed E-state index contributed by atoms with van der Waals surface area (Å²) in [6.07, 6.45) is 0.798. The summed E-state index contributed by atoms with van der Waals surface area (Å²) in [5.41, 5.74) is 1.94. The number of hydrogen-bond donors (Lipinski definition) is 1. The van der Waals surface area contributed by atoms with Crippen molar-refractivity contribution >= 4 is 15.9 Å². The van der Waals surface area contributed by atoms with Gasteiger partial charge in [0.2, 0.25) is 10.0 Å². The topological polar surface area (TPSA) is 90.3 Å². The first kappa shape index (κ1) is 21.6. The molecule has 28 heavy (non-hydrogen) atoms. The normalized spacial score (nSPS) is 11.2. The number of sulfonamides is 1. The van der Waals surface area contributed by atoms with Crippen LogP contribution in [0.3, 0.4) is 0 Å². The number of nitrogens with one attached hydrogen (secondary N) is 1. The highest BCUT2D eigenvalue weighted by molar-refractivity contribution is 7.89. The van der Waals surface area contributed by atoms with Crippen molar-refractivity contribution < 1.29 is 13.2 Å². The number of benzene rings is 2. The van der Waals surface area contributed by atoms with Gasteiger partial charge in [0.25, 0.3) is 5.91 Å². The molecule has 0 aliphatic carbocycles. The summed E-state index contributed by atoms with van der Waals surface area (Å²) in [6.45, 7) is 6.50. The smallest absolute Gasteiger partial charge is 0.254 e. The van der Waals surface area contributed by atoms with Crippen LogP contribution in [0.15, 0.2) is 53.4 Å². The molecule has 0 aromatic heterocycles. The first-order valence-electron chi connectivity index (χ1n) is 9.17. The summed E-state index contributed by atoms with van der Waals surface area (Å²) in [5, 5.41) is 8.90. The number of hydrogen-bond acceptors (Lipinski definition) is 4. The number of carbonyl (C=O) groups is 1. The highest BCUT2D eigenvalue weighted by Gasteiger charge is 2.19. The van der Waals surface area contributed by atoms with E-state index < -0.39 is 10.0 Å². The van der Waals surface area contributed by atoms with Crippen LogP contribution in [0.2, 0.25) is 0 Å². The summed E-state index contributed by atoms with van der Waals surface area (Å²) in [5.74, 6) is -0.160. The third-order valence-electron chi connectivity index (χ3n) is 4.04. The van der Waals surface area contributed by atoms with Crippen LogP contribution in [0.5, 0.6) is 0 Å². The molecular weight excluding hydrogens is 374 g/mol. The molecule has 0 aliphatic heterocycles. The second-order valence-corrected chi connectivity index (χ2v) is 8.55. The molecular formula is C21H25N3O3S. The lowest BCUT2D eigenvalue weighted by Crippen LogP contribution is -2.32. The Kier molecular flexibility index (Phi) is 7.32. The number of amides is 1. The van der Waals surface area contributed by atoms with Gasteiger partial charge in [-0.05, 0) is 62.2 Å². The summed E-state index contributed by atoms with van der Waals surface area (Å²) in [6, 6.07) is 15.0. The predicted molar refractivity (Wildman–Crippen MR) is 108 cm³/mol. The van der Waals surface area contributed by atoms with Crippen LogP contribution in [-0.4, -0.2) is 31.8 Å². The second-order valence-electron chi connectivity index (χ2n) is 6.84. The Bertz CT molecular complexity index is 944. The molecule has 0 fully saturated rings. The van der Waals surface area contributed by atoms with Crippen molar-refractivity contribution in [1.29, 1.82) is 5.26 Å². The molecule has 2 aromatic carbocycles. The number of nitriles is 1. The van der Waals surface area contributed by atoms with E-state index in [2.05, 4.69) is 10.8 Å². The average molecular weight is 400 g/mol. The molecule has 0 radical (unpaired) electrons. The van der Waals surface area contributed by atoms with E-state index in [0.717, 1.165) is 12.0 Å². The Morgan fingerprint density at radius 2 is 1.71 bits per heavy atom. The van der Waals surface area contributed by atoms with Crippen molar-refractivity contribution in [1.82, 2.24) is 9.62 Å². The zero-order chi connectivity index (χ0) is 20.7. The number of nitrogens with zero attached hydrogens (tertiary/aromatic N) is 2. The fourth-order valence-corrected chi connectivity index (χ4v) is 4.02. The molecule has 2 rings (SSSR count). The van der Waals surface area contributed by atoms with E-state index >= 15 is 0 Å². The van der Waals surface area contributed by atoms with E-state index in [4.69, 9.17) is 5.26 Å². The summed E-state index contributed by atoms with van der Waals surface area (Å²) in [7, 11) is -3.59. The molecule has 0 spiro atoms. The first-order chi connectivity index (χ1) is 13.3. The van der Waals surface area contributed by atoms with Gasteiger partial charge in [0.05, 0.1) is 16.5 Å². The maximum absolute atomic E-state index is 12.9. The third-order valence-corrected chi connectivity index (χ3v) is 5.71. The van der Waals surface area contributed by atoms with Crippen LogP contribution in [0.4, 0.5) is 0 Å². The summed E-state index contributed by atoms with van der Waals surface area (Å²) in [4.78, 5) is 14.8. The minimum atomic E-state index is -3.59. The molecule has 1 N–H and O–H groups in total.